The van der Waals surface area contributed by atoms with Gasteiger partial charge in [0.25, 0.3) is 0 Å². The maximum atomic E-state index is 12.7. The van der Waals surface area contributed by atoms with Crippen molar-refractivity contribution in [2.45, 2.75) is 148 Å². The van der Waals surface area contributed by atoms with Gasteiger partial charge in [-0.3, -0.25) is 18.6 Å². The van der Waals surface area contributed by atoms with E-state index in [1.165, 1.54) is 0 Å². The summed E-state index contributed by atoms with van der Waals surface area (Å²) < 4.78 is 34.3. The van der Waals surface area contributed by atoms with E-state index in [1.807, 2.05) is 21.1 Å². The zero-order chi connectivity index (χ0) is 45.7. The van der Waals surface area contributed by atoms with Gasteiger partial charge in [-0.25, -0.2) is 4.57 Å². The Bertz CT molecular complexity index is 1460. The molecule has 0 rings (SSSR count). The number of hydrogen-bond donors (Lipinski definition) is 1. The molecule has 0 aliphatic rings. The van der Waals surface area contributed by atoms with Crippen LogP contribution in [0.1, 0.15) is 142 Å². The van der Waals surface area contributed by atoms with E-state index >= 15 is 0 Å². The summed E-state index contributed by atoms with van der Waals surface area (Å²) in [6, 6.07) is 0. The Kier molecular flexibility index (Phi) is 40.2. The number of carbonyl (C=O) groups excluding carboxylic acids is 2. The van der Waals surface area contributed by atoms with Gasteiger partial charge in [-0.1, -0.05) is 148 Å². The summed E-state index contributed by atoms with van der Waals surface area (Å²) in [5.41, 5.74) is 0. The SMILES string of the molecule is CC/C=C\C/C=C\C/C=C\C/C=C\C/C=C\C/C=C\CCCCC(=O)OC(COC(=O)CCCCCC/C=C\C/C=C\C/C=C\C/C=C\CC)COP(=O)(O)OCC[N+](C)(C)C. The number of nitrogens with zero attached hydrogens (tertiary/aromatic N) is 1. The van der Waals surface area contributed by atoms with E-state index in [1.54, 1.807) is 0 Å². The minimum atomic E-state index is -4.41. The van der Waals surface area contributed by atoms with E-state index in [9.17, 15) is 19.0 Å². The first-order valence-electron chi connectivity index (χ1n) is 23.3. The lowest BCUT2D eigenvalue weighted by atomic mass is 10.1. The van der Waals surface area contributed by atoms with E-state index in [-0.39, 0.29) is 26.1 Å². The summed E-state index contributed by atoms with van der Waals surface area (Å²) in [7, 11) is 1.41. The van der Waals surface area contributed by atoms with Crippen LogP contribution in [0.25, 0.3) is 0 Å². The zero-order valence-electron chi connectivity index (χ0n) is 39.3. The number of rotatable bonds is 40. The third kappa shape index (κ3) is 45.9. The number of phosphoric ester groups is 1. The third-order valence-corrected chi connectivity index (χ3v) is 9.97. The molecule has 350 valence electrons. The molecular weight excluding hydrogens is 798 g/mol. The van der Waals surface area contributed by atoms with Gasteiger partial charge in [0, 0.05) is 12.8 Å². The van der Waals surface area contributed by atoms with Gasteiger partial charge in [0.15, 0.2) is 6.10 Å². The van der Waals surface area contributed by atoms with Crippen molar-refractivity contribution in [1.82, 2.24) is 0 Å². The summed E-state index contributed by atoms with van der Waals surface area (Å²) in [6.07, 6.45) is 59.7. The molecular formula is C52H85NO8P+. The quantitative estimate of drug-likeness (QED) is 0.0213. The van der Waals surface area contributed by atoms with Gasteiger partial charge in [0.2, 0.25) is 0 Å². The van der Waals surface area contributed by atoms with Crippen LogP contribution in [-0.4, -0.2) is 74.9 Å². The molecule has 9 nitrogen and oxygen atoms in total. The summed E-state index contributed by atoms with van der Waals surface area (Å²) in [5.74, 6) is -0.892. The molecule has 62 heavy (non-hydrogen) atoms. The topological polar surface area (TPSA) is 108 Å². The van der Waals surface area contributed by atoms with Crippen molar-refractivity contribution < 1.29 is 42.1 Å². The van der Waals surface area contributed by atoms with Gasteiger partial charge in [-0.2, -0.15) is 0 Å². The zero-order valence-corrected chi connectivity index (χ0v) is 40.2. The van der Waals surface area contributed by atoms with E-state index in [4.69, 9.17) is 18.5 Å². The Labute approximate surface area is 378 Å². The lowest BCUT2D eigenvalue weighted by Crippen LogP contribution is -2.37. The van der Waals surface area contributed by atoms with Gasteiger partial charge in [-0.15, -0.1) is 0 Å². The maximum Gasteiger partial charge on any atom is 0.472 e. The van der Waals surface area contributed by atoms with Crippen LogP contribution in [0.15, 0.2) is 122 Å². The van der Waals surface area contributed by atoms with E-state index in [2.05, 4.69) is 135 Å². The number of allylic oxidation sites excluding steroid dienone is 20. The highest BCUT2D eigenvalue weighted by Crippen LogP contribution is 2.43. The van der Waals surface area contributed by atoms with Crippen LogP contribution in [-0.2, 0) is 32.7 Å². The molecule has 1 N–H and O–H groups in total. The van der Waals surface area contributed by atoms with Crippen molar-refractivity contribution in [3.63, 3.8) is 0 Å². The number of phosphoric acid groups is 1. The Morgan fingerprint density at radius 1 is 0.500 bits per heavy atom. The monoisotopic (exact) mass is 883 g/mol. The van der Waals surface area contributed by atoms with Crippen molar-refractivity contribution in [1.29, 1.82) is 0 Å². The molecule has 0 saturated heterocycles. The van der Waals surface area contributed by atoms with Crippen LogP contribution in [0.4, 0.5) is 0 Å². The van der Waals surface area contributed by atoms with Crippen LogP contribution < -0.4 is 0 Å². The summed E-state index contributed by atoms with van der Waals surface area (Å²) in [6.45, 7) is 4.08. The fraction of sp³-hybridized carbons (Fsp3) is 0.577. The van der Waals surface area contributed by atoms with Gasteiger partial charge < -0.3 is 18.9 Å². The predicted molar refractivity (Wildman–Crippen MR) is 261 cm³/mol. The Hall–Kier alpha value is -3.59. The van der Waals surface area contributed by atoms with Crippen LogP contribution in [0.5, 0.6) is 0 Å². The van der Waals surface area contributed by atoms with Crippen LogP contribution >= 0.6 is 7.82 Å². The molecule has 0 amide bonds. The minimum Gasteiger partial charge on any atom is -0.462 e. The Balaban J connectivity index is 4.49. The number of esters is 2. The maximum absolute atomic E-state index is 12.7. The van der Waals surface area contributed by atoms with Crippen molar-refractivity contribution in [3.05, 3.63) is 122 Å². The highest BCUT2D eigenvalue weighted by molar-refractivity contribution is 7.47. The first kappa shape index (κ1) is 58.4. The first-order valence-corrected chi connectivity index (χ1v) is 24.8. The van der Waals surface area contributed by atoms with Crippen molar-refractivity contribution in [2.24, 2.45) is 0 Å². The van der Waals surface area contributed by atoms with E-state index in [0.29, 0.717) is 23.9 Å². The van der Waals surface area contributed by atoms with Crippen LogP contribution in [0.3, 0.4) is 0 Å². The molecule has 0 aliphatic heterocycles. The van der Waals surface area contributed by atoms with Crippen molar-refractivity contribution >= 4 is 19.8 Å². The molecule has 0 heterocycles. The number of unbranched alkanes of at least 4 members (excludes halogenated alkanes) is 6. The second kappa shape index (κ2) is 42.7. The second-order valence-corrected chi connectivity index (χ2v) is 17.5. The van der Waals surface area contributed by atoms with E-state index in [0.717, 1.165) is 103 Å². The smallest absolute Gasteiger partial charge is 0.462 e. The number of likely N-dealkylation sites (N-methyl/N-ethyl adjacent to an activating group) is 1. The van der Waals surface area contributed by atoms with Gasteiger partial charge in [-0.05, 0) is 103 Å². The molecule has 2 atom stereocenters. The van der Waals surface area contributed by atoms with Crippen molar-refractivity contribution in [3.8, 4) is 0 Å². The molecule has 2 unspecified atom stereocenters. The highest BCUT2D eigenvalue weighted by Gasteiger charge is 2.27. The lowest BCUT2D eigenvalue weighted by molar-refractivity contribution is -0.870. The fourth-order valence-corrected chi connectivity index (χ4v) is 6.16. The molecule has 0 aliphatic carbocycles. The number of carbonyl (C=O) groups is 2. The lowest BCUT2D eigenvalue weighted by Gasteiger charge is -2.24. The Morgan fingerprint density at radius 3 is 1.31 bits per heavy atom. The molecule has 0 spiro atoms. The average Bonchev–Trinajstić information content (AvgIpc) is 3.23. The molecule has 0 aromatic carbocycles. The summed E-state index contributed by atoms with van der Waals surface area (Å²) in [4.78, 5) is 35.4. The van der Waals surface area contributed by atoms with Gasteiger partial charge in [0.05, 0.1) is 27.7 Å². The molecule has 0 aromatic rings. The predicted octanol–water partition coefficient (Wildman–Crippen LogP) is 13.7. The largest absolute Gasteiger partial charge is 0.472 e. The second-order valence-electron chi connectivity index (χ2n) is 16.0. The van der Waals surface area contributed by atoms with Gasteiger partial charge in [0.1, 0.15) is 19.8 Å². The minimum absolute atomic E-state index is 0.0108. The van der Waals surface area contributed by atoms with Crippen LogP contribution in [0, 0.1) is 0 Å². The van der Waals surface area contributed by atoms with Gasteiger partial charge >= 0.3 is 19.8 Å². The standard InChI is InChI=1S/C52H84NO8P/c1-6-8-10-12-14-16-18-20-22-24-25-26-27-29-31-33-35-37-39-41-43-45-52(55)61-50(49-60-62(56,57)59-47-46-53(3,4)5)48-58-51(54)44-42-40-38-36-34-32-30-28-23-21-19-17-15-13-11-9-7-2/h8-11,14-17,20-23,25-26,29-32,35,37,50H,6-7,12-13,18-19,24,27-28,33-34,36,38-49H2,1-5H3/p+1/b10-8-,11-9-,16-14-,17-15-,22-20-,23-21-,26-25-,31-29-,32-30-,37-35-. The highest BCUT2D eigenvalue weighted by atomic mass is 31.2. The summed E-state index contributed by atoms with van der Waals surface area (Å²) in [5, 5.41) is 0. The normalized spacial score (nSPS) is 14.6. The molecule has 0 radical (unpaired) electrons. The average molecular weight is 883 g/mol. The number of quaternary nitrogens is 1. The molecule has 0 saturated carbocycles. The number of hydrogen-bond acceptors (Lipinski definition) is 7. The Morgan fingerprint density at radius 2 is 0.871 bits per heavy atom. The van der Waals surface area contributed by atoms with Crippen molar-refractivity contribution in [2.75, 3.05) is 47.5 Å². The molecule has 0 aromatic heterocycles. The molecule has 10 heteroatoms. The number of ether oxygens (including phenoxy) is 2. The third-order valence-electron chi connectivity index (χ3n) is 8.99. The molecule has 0 fully saturated rings. The molecule has 0 bridgehead atoms. The first-order chi connectivity index (χ1) is 30.0. The van der Waals surface area contributed by atoms with E-state index < -0.39 is 32.5 Å². The summed E-state index contributed by atoms with van der Waals surface area (Å²) >= 11 is 0. The van der Waals surface area contributed by atoms with Crippen LogP contribution in [0.2, 0.25) is 0 Å². The fourth-order valence-electron chi connectivity index (χ4n) is 5.42.